The van der Waals surface area contributed by atoms with Gasteiger partial charge in [-0.1, -0.05) is 18.2 Å². The molecule has 3 heterocycles. The summed E-state index contributed by atoms with van der Waals surface area (Å²) in [6, 6.07) is 6.63. The number of hydrogen-bond acceptors (Lipinski definition) is 5. The lowest BCUT2D eigenvalue weighted by atomic mass is 9.97. The quantitative estimate of drug-likeness (QED) is 0.719. The van der Waals surface area contributed by atoms with Crippen LogP contribution in [0, 0.1) is 5.92 Å². The molecule has 0 spiro atoms. The average molecular weight is 444 g/mol. The highest BCUT2D eigenvalue weighted by Gasteiger charge is 2.29. The largest absolute Gasteiger partial charge is 0.444 e. The number of carbonyl (C=O) groups is 2. The number of carbonyl (C=O) groups excluding carboxylic acids is 2. The maximum Gasteiger partial charge on any atom is 0.410 e. The number of hydrogen-bond donors (Lipinski definition) is 0. The van der Waals surface area contributed by atoms with E-state index >= 15 is 0 Å². The first kappa shape index (κ1) is 23.1. The molecule has 0 aliphatic carbocycles. The summed E-state index contributed by atoms with van der Waals surface area (Å²) in [7, 11) is 0. The first-order valence-corrected chi connectivity index (χ1v) is 12.0. The van der Waals surface area contributed by atoms with Gasteiger partial charge in [-0.2, -0.15) is 0 Å². The summed E-state index contributed by atoms with van der Waals surface area (Å²) in [5.41, 5.74) is 3.37. The van der Waals surface area contributed by atoms with Crippen LogP contribution in [0.15, 0.2) is 18.2 Å². The molecule has 1 aromatic carbocycles. The zero-order chi connectivity index (χ0) is 22.7. The van der Waals surface area contributed by atoms with Crippen LogP contribution < -0.4 is 0 Å². The van der Waals surface area contributed by atoms with Crippen molar-refractivity contribution in [3.05, 3.63) is 34.9 Å². The highest BCUT2D eigenvalue weighted by Crippen LogP contribution is 2.24. The lowest BCUT2D eigenvalue weighted by Crippen LogP contribution is -2.50. The predicted octanol–water partition coefficient (Wildman–Crippen LogP) is 3.05. The van der Waals surface area contributed by atoms with Gasteiger partial charge in [-0.15, -0.1) is 0 Å². The van der Waals surface area contributed by atoms with Gasteiger partial charge in [0.25, 0.3) is 0 Å². The van der Waals surface area contributed by atoms with E-state index in [2.05, 4.69) is 23.1 Å². The zero-order valence-electron chi connectivity index (χ0n) is 19.8. The number of benzene rings is 1. The van der Waals surface area contributed by atoms with Gasteiger partial charge in [-0.25, -0.2) is 4.79 Å². The molecule has 2 amide bonds. The predicted molar refractivity (Wildman–Crippen MR) is 122 cm³/mol. The van der Waals surface area contributed by atoms with Crippen LogP contribution in [0.5, 0.6) is 0 Å². The van der Waals surface area contributed by atoms with E-state index < -0.39 is 5.60 Å². The summed E-state index contributed by atoms with van der Waals surface area (Å²) in [5.74, 6) is 0.465. The molecule has 4 rings (SSSR count). The van der Waals surface area contributed by atoms with Gasteiger partial charge in [0.15, 0.2) is 0 Å². The van der Waals surface area contributed by atoms with E-state index in [4.69, 9.17) is 9.47 Å². The number of rotatable bonds is 3. The van der Waals surface area contributed by atoms with E-state index in [1.807, 2.05) is 25.7 Å². The van der Waals surface area contributed by atoms with Gasteiger partial charge in [0, 0.05) is 64.9 Å². The van der Waals surface area contributed by atoms with Gasteiger partial charge < -0.3 is 19.3 Å². The summed E-state index contributed by atoms with van der Waals surface area (Å²) in [6.45, 7) is 12.8. The standard InChI is InChI=1S/C25H37N3O4/c1-25(2,3)32-24(30)28-9-6-21-16-19(4-5-22(21)18-28)17-26-10-12-27(13-11-26)23(29)20-7-14-31-15-8-20/h4-5,16,20H,6-15,17-18H2,1-3H3. The van der Waals surface area contributed by atoms with Gasteiger partial charge in [0.05, 0.1) is 0 Å². The molecule has 0 unspecified atom stereocenters. The Morgan fingerprint density at radius 2 is 1.72 bits per heavy atom. The van der Waals surface area contributed by atoms with Gasteiger partial charge in [-0.3, -0.25) is 9.69 Å². The first-order valence-electron chi connectivity index (χ1n) is 12.0. The smallest absolute Gasteiger partial charge is 0.410 e. The minimum absolute atomic E-state index is 0.149. The molecule has 3 aliphatic heterocycles. The van der Waals surface area contributed by atoms with Gasteiger partial charge >= 0.3 is 6.09 Å². The Bertz CT molecular complexity index is 821. The molecule has 1 aromatic rings. The molecule has 0 aromatic heterocycles. The second kappa shape index (κ2) is 9.79. The number of amides is 2. The van der Waals surface area contributed by atoms with Gasteiger partial charge in [-0.05, 0) is 56.7 Å². The summed E-state index contributed by atoms with van der Waals surface area (Å²) >= 11 is 0. The zero-order valence-corrected chi connectivity index (χ0v) is 19.8. The maximum absolute atomic E-state index is 12.7. The van der Waals surface area contributed by atoms with Crippen molar-refractivity contribution in [2.45, 2.75) is 58.7 Å². The second-order valence-electron chi connectivity index (χ2n) is 10.2. The summed E-state index contributed by atoms with van der Waals surface area (Å²) in [6.07, 6.45) is 2.34. The highest BCUT2D eigenvalue weighted by atomic mass is 16.6. The third-order valence-corrected chi connectivity index (χ3v) is 6.60. The van der Waals surface area contributed by atoms with Crippen LogP contribution in [0.1, 0.15) is 50.3 Å². The minimum Gasteiger partial charge on any atom is -0.444 e. The van der Waals surface area contributed by atoms with Crippen molar-refractivity contribution in [3.63, 3.8) is 0 Å². The van der Waals surface area contributed by atoms with Crippen molar-refractivity contribution in [2.75, 3.05) is 45.9 Å². The van der Waals surface area contributed by atoms with E-state index in [-0.39, 0.29) is 12.0 Å². The molecule has 0 saturated carbocycles. The Hall–Kier alpha value is -2.12. The number of ether oxygens (including phenoxy) is 2. The highest BCUT2D eigenvalue weighted by molar-refractivity contribution is 5.79. The van der Waals surface area contributed by atoms with Gasteiger partial charge in [0.1, 0.15) is 5.60 Å². The van der Waals surface area contributed by atoms with Crippen molar-refractivity contribution < 1.29 is 19.1 Å². The van der Waals surface area contributed by atoms with Crippen LogP contribution in [-0.4, -0.2) is 78.2 Å². The van der Waals surface area contributed by atoms with Crippen LogP contribution >= 0.6 is 0 Å². The average Bonchev–Trinajstić information content (AvgIpc) is 2.78. The van der Waals surface area contributed by atoms with Crippen LogP contribution in [0.25, 0.3) is 0 Å². The van der Waals surface area contributed by atoms with E-state index in [9.17, 15) is 9.59 Å². The summed E-state index contributed by atoms with van der Waals surface area (Å²) in [4.78, 5) is 31.4. The van der Waals surface area contributed by atoms with Crippen molar-refractivity contribution >= 4 is 12.0 Å². The molecule has 176 valence electrons. The second-order valence-corrected chi connectivity index (χ2v) is 10.2. The molecule has 7 nitrogen and oxygen atoms in total. The third kappa shape index (κ3) is 5.81. The summed E-state index contributed by atoms with van der Waals surface area (Å²) in [5, 5.41) is 0. The topological polar surface area (TPSA) is 62.3 Å². The molecule has 0 N–H and O–H groups in total. The first-order chi connectivity index (χ1) is 15.3. The molecule has 2 saturated heterocycles. The Morgan fingerprint density at radius 3 is 2.41 bits per heavy atom. The van der Waals surface area contributed by atoms with Crippen LogP contribution in [0.3, 0.4) is 0 Å². The van der Waals surface area contributed by atoms with E-state index in [0.717, 1.165) is 52.0 Å². The molecule has 3 aliphatic rings. The molecule has 2 fully saturated rings. The normalized spacial score (nSPS) is 20.7. The van der Waals surface area contributed by atoms with Crippen LogP contribution in [0.4, 0.5) is 4.79 Å². The van der Waals surface area contributed by atoms with Gasteiger partial charge in [0.2, 0.25) is 5.91 Å². The third-order valence-electron chi connectivity index (χ3n) is 6.60. The lowest BCUT2D eigenvalue weighted by molar-refractivity contribution is -0.140. The van der Waals surface area contributed by atoms with Crippen LogP contribution in [-0.2, 0) is 33.8 Å². The van der Waals surface area contributed by atoms with Crippen LogP contribution in [0.2, 0.25) is 0 Å². The number of nitrogens with zero attached hydrogens (tertiary/aromatic N) is 3. The Kier molecular flexibility index (Phi) is 7.05. The SMILES string of the molecule is CC(C)(C)OC(=O)N1CCc2cc(CN3CCN(C(=O)C4CCOCC4)CC3)ccc2C1. The van der Waals surface area contributed by atoms with E-state index in [0.29, 0.717) is 32.2 Å². The Labute approximate surface area is 191 Å². The fraction of sp³-hybridized carbons (Fsp3) is 0.680. The fourth-order valence-corrected chi connectivity index (χ4v) is 4.77. The molecule has 32 heavy (non-hydrogen) atoms. The summed E-state index contributed by atoms with van der Waals surface area (Å²) < 4.78 is 10.9. The Morgan fingerprint density at radius 1 is 1.00 bits per heavy atom. The van der Waals surface area contributed by atoms with Crippen molar-refractivity contribution in [1.29, 1.82) is 0 Å². The molecule has 7 heteroatoms. The maximum atomic E-state index is 12.7. The molecule has 0 radical (unpaired) electrons. The molecule has 0 atom stereocenters. The molecular formula is C25H37N3O4. The number of piperazine rings is 1. The van der Waals surface area contributed by atoms with E-state index in [1.54, 1.807) is 4.90 Å². The monoisotopic (exact) mass is 443 g/mol. The van der Waals surface area contributed by atoms with E-state index in [1.165, 1.54) is 16.7 Å². The van der Waals surface area contributed by atoms with Crippen molar-refractivity contribution in [1.82, 2.24) is 14.7 Å². The van der Waals surface area contributed by atoms with Crippen molar-refractivity contribution in [2.24, 2.45) is 5.92 Å². The van der Waals surface area contributed by atoms with Crippen molar-refractivity contribution in [3.8, 4) is 0 Å². The minimum atomic E-state index is -0.472. The molecule has 0 bridgehead atoms. The lowest BCUT2D eigenvalue weighted by Gasteiger charge is -2.37. The molecular weight excluding hydrogens is 406 g/mol. The number of fused-ring (bicyclic) bond motifs is 1. The fourth-order valence-electron chi connectivity index (χ4n) is 4.77. The Balaban J connectivity index is 1.27.